The minimum atomic E-state index is -0.501. The van der Waals surface area contributed by atoms with Crippen molar-refractivity contribution in [3.63, 3.8) is 0 Å². The summed E-state index contributed by atoms with van der Waals surface area (Å²) < 4.78 is 47.3. The molecule has 8 heterocycles. The molecule has 8 rings (SSSR count). The van der Waals surface area contributed by atoms with Gasteiger partial charge in [-0.15, -0.1) is 6.42 Å². The van der Waals surface area contributed by atoms with Crippen molar-refractivity contribution < 1.29 is 22.8 Å². The van der Waals surface area contributed by atoms with Crippen LogP contribution in [-0.4, -0.2) is 67.4 Å². The van der Waals surface area contributed by atoms with Crippen LogP contribution in [0.2, 0.25) is 15.5 Å². The van der Waals surface area contributed by atoms with Crippen molar-refractivity contribution in [3.8, 4) is 41.3 Å². The fraction of sp³-hybridized carbons (Fsp3) is 0. The molecular formula is C38H23BCl3F3I2N11O2. The molecule has 0 saturated heterocycles. The summed E-state index contributed by atoms with van der Waals surface area (Å²) in [5, 5.41) is 23.7. The van der Waals surface area contributed by atoms with Gasteiger partial charge in [-0.1, -0.05) is 58.8 Å². The Bertz CT molecular complexity index is 2650. The Morgan fingerprint density at radius 2 is 1.27 bits per heavy atom. The third kappa shape index (κ3) is 16.2. The van der Waals surface area contributed by atoms with Crippen LogP contribution in [0.3, 0.4) is 0 Å². The number of H-pyrrole nitrogens is 1. The van der Waals surface area contributed by atoms with E-state index in [9.17, 15) is 13.2 Å². The van der Waals surface area contributed by atoms with Gasteiger partial charge < -0.3 is 9.68 Å². The number of terminal acetylenes is 1. The van der Waals surface area contributed by atoms with Crippen molar-refractivity contribution in [2.24, 2.45) is 0 Å². The van der Waals surface area contributed by atoms with E-state index in [-0.39, 0.29) is 10.9 Å². The SMILES string of the molecule is C#Cc1ccccn1.Clc1[nH]ncc1I.Fc1cncc(-n2cc(C#Cc3ccccn3)c(Cl)n2)c1.Fc1cncc(-n2cc(I)c(Cl)n2)c1.O[B]Oc1cncc(F)c1. The quantitative estimate of drug-likeness (QED) is 0.0997. The van der Waals surface area contributed by atoms with Crippen LogP contribution in [0.4, 0.5) is 13.2 Å². The summed E-state index contributed by atoms with van der Waals surface area (Å²) in [7, 11) is 0.469. The predicted octanol–water partition coefficient (Wildman–Crippen LogP) is 8.38. The zero-order valence-electron chi connectivity index (χ0n) is 30.1. The molecule has 0 bridgehead atoms. The number of nitrogens with one attached hydrogen (secondary N) is 1. The highest BCUT2D eigenvalue weighted by Gasteiger charge is 2.08. The van der Waals surface area contributed by atoms with Crippen LogP contribution < -0.4 is 4.65 Å². The molecule has 301 valence electrons. The van der Waals surface area contributed by atoms with Crippen LogP contribution in [0.1, 0.15) is 17.0 Å². The molecule has 0 unspecified atom stereocenters. The topological polar surface area (TPSA) is 158 Å². The summed E-state index contributed by atoms with van der Waals surface area (Å²) in [4.78, 5) is 18.9. The van der Waals surface area contributed by atoms with Crippen molar-refractivity contribution in [2.45, 2.75) is 0 Å². The van der Waals surface area contributed by atoms with Gasteiger partial charge in [-0.25, -0.2) is 32.5 Å². The van der Waals surface area contributed by atoms with E-state index < -0.39 is 17.5 Å². The van der Waals surface area contributed by atoms with E-state index in [1.807, 2.05) is 24.3 Å². The van der Waals surface area contributed by atoms with E-state index in [1.54, 1.807) is 43.1 Å². The Hall–Kier alpha value is -5.56. The second-order valence-electron chi connectivity index (χ2n) is 10.6. The lowest BCUT2D eigenvalue weighted by atomic mass is 10.3. The normalized spacial score (nSPS) is 9.60. The van der Waals surface area contributed by atoms with Crippen molar-refractivity contribution in [1.29, 1.82) is 0 Å². The highest BCUT2D eigenvalue weighted by atomic mass is 127. The van der Waals surface area contributed by atoms with E-state index in [1.165, 1.54) is 40.1 Å². The summed E-state index contributed by atoms with van der Waals surface area (Å²) in [6.45, 7) is 0. The number of aromatic amines is 1. The number of halogens is 8. The Labute approximate surface area is 383 Å². The lowest BCUT2D eigenvalue weighted by Crippen LogP contribution is -2.00. The molecule has 0 aliphatic rings. The highest BCUT2D eigenvalue weighted by Crippen LogP contribution is 2.19. The zero-order chi connectivity index (χ0) is 43.3. The molecule has 13 nitrogen and oxygen atoms in total. The van der Waals surface area contributed by atoms with Gasteiger partial charge in [0, 0.05) is 43.0 Å². The average molecular weight is 1090 g/mol. The number of rotatable bonds is 4. The first-order valence-electron chi connectivity index (χ1n) is 16.2. The van der Waals surface area contributed by atoms with Crippen LogP contribution >= 0.6 is 80.0 Å². The third-order valence-corrected chi connectivity index (χ3v) is 9.52. The Balaban J connectivity index is 0.000000177. The Morgan fingerprint density at radius 1 is 0.700 bits per heavy atom. The van der Waals surface area contributed by atoms with Crippen LogP contribution in [0, 0.1) is 48.8 Å². The van der Waals surface area contributed by atoms with Gasteiger partial charge >= 0.3 is 7.69 Å². The first kappa shape index (κ1) is 47.1. The number of hydrogen-bond acceptors (Lipinski definition) is 10. The molecule has 8 aromatic heterocycles. The molecule has 0 aliphatic heterocycles. The first-order chi connectivity index (χ1) is 28.9. The number of hydrogen-bond donors (Lipinski definition) is 2. The fourth-order valence-electron chi connectivity index (χ4n) is 3.87. The summed E-state index contributed by atoms with van der Waals surface area (Å²) in [5.74, 6) is 7.02. The molecule has 0 spiro atoms. The van der Waals surface area contributed by atoms with Crippen molar-refractivity contribution >= 4 is 87.7 Å². The standard InChI is InChI=1S/C15H8ClFN4.C8H4ClFIN3.C7H5N.C5H4BFNO2.C3H2ClIN2/c16-15-11(4-5-13-3-1-2-6-19-13)10-21(20-15)14-7-12(17)8-18-9-14;9-8-7(11)4-14(13-8)6-1-5(10)2-12-3-6;1-2-7-5-3-4-6-8-7;7-4-1-5(10-6-9)3-8-2-4;4-3-2(5)1-6-7-3/h1-3,6-10H;1-4H;1,3-6H;1-3,9H;1H,(H,6,7). The van der Waals surface area contributed by atoms with Crippen LogP contribution in [0.25, 0.3) is 11.4 Å². The average Bonchev–Trinajstić information content (AvgIpc) is 3.94. The summed E-state index contributed by atoms with van der Waals surface area (Å²) in [6, 6.07) is 14.7. The monoisotopic (exact) mass is 1090 g/mol. The smallest absolute Gasteiger partial charge is 0.536 e. The molecule has 0 saturated carbocycles. The summed E-state index contributed by atoms with van der Waals surface area (Å²) in [5.41, 5.74) is 2.88. The second kappa shape index (κ2) is 25.2. The number of pyridine rings is 5. The van der Waals surface area contributed by atoms with E-state index in [4.69, 9.17) is 46.3 Å². The van der Waals surface area contributed by atoms with Crippen LogP contribution in [-0.2, 0) is 0 Å². The minimum Gasteiger partial charge on any atom is -0.536 e. The van der Waals surface area contributed by atoms with Crippen molar-refractivity contribution in [2.75, 3.05) is 0 Å². The molecule has 0 aliphatic carbocycles. The number of aromatic nitrogens is 11. The van der Waals surface area contributed by atoms with Gasteiger partial charge in [0.05, 0.1) is 67.5 Å². The molecule has 0 fully saturated rings. The molecule has 0 aromatic carbocycles. The molecule has 22 heteroatoms. The number of nitrogens with zero attached hydrogens (tertiary/aromatic N) is 10. The molecule has 8 aromatic rings. The zero-order valence-corrected chi connectivity index (χ0v) is 36.6. The summed E-state index contributed by atoms with van der Waals surface area (Å²) >= 11 is 21.4. The van der Waals surface area contributed by atoms with Gasteiger partial charge in [0.2, 0.25) is 0 Å². The van der Waals surface area contributed by atoms with Gasteiger partial charge in [-0.05, 0) is 75.4 Å². The molecule has 1 radical (unpaired) electrons. The second-order valence-corrected chi connectivity index (χ2v) is 14.0. The van der Waals surface area contributed by atoms with E-state index in [2.05, 4.69) is 113 Å². The molecule has 60 heavy (non-hydrogen) atoms. The maximum Gasteiger partial charge on any atom is 0.569 e. The predicted molar refractivity (Wildman–Crippen MR) is 237 cm³/mol. The third-order valence-electron chi connectivity index (χ3n) is 6.43. The maximum atomic E-state index is 13.2. The van der Waals surface area contributed by atoms with Gasteiger partial charge in [0.25, 0.3) is 0 Å². The lowest BCUT2D eigenvalue weighted by molar-refractivity contribution is 0.449. The van der Waals surface area contributed by atoms with E-state index >= 15 is 0 Å². The minimum absolute atomic E-state index is 0.169. The fourth-order valence-corrected chi connectivity index (χ4v) is 4.91. The Kier molecular flexibility index (Phi) is 19.8. The van der Waals surface area contributed by atoms with Crippen molar-refractivity contribution in [3.05, 3.63) is 180 Å². The molecule has 2 N–H and O–H groups in total. The molecule has 0 amide bonds. The molecule has 0 atom stereocenters. The van der Waals surface area contributed by atoms with Gasteiger partial charge in [0.1, 0.15) is 39.7 Å². The van der Waals surface area contributed by atoms with E-state index in [0.717, 1.165) is 31.8 Å². The first-order valence-corrected chi connectivity index (χ1v) is 19.5. The van der Waals surface area contributed by atoms with E-state index in [0.29, 0.717) is 46.3 Å². The summed E-state index contributed by atoms with van der Waals surface area (Å²) in [6.07, 6.45) is 21.0. The van der Waals surface area contributed by atoms with Crippen molar-refractivity contribution in [1.82, 2.24) is 54.7 Å². The van der Waals surface area contributed by atoms with Gasteiger partial charge in [-0.2, -0.15) is 15.3 Å². The largest absolute Gasteiger partial charge is 0.569 e. The highest BCUT2D eigenvalue weighted by molar-refractivity contribution is 14.1. The Morgan fingerprint density at radius 3 is 1.70 bits per heavy atom. The van der Waals surface area contributed by atoms with Gasteiger partial charge in [-0.3, -0.25) is 20.1 Å². The van der Waals surface area contributed by atoms with Crippen LogP contribution in [0.15, 0.2) is 123 Å². The van der Waals surface area contributed by atoms with Crippen LogP contribution in [0.5, 0.6) is 5.75 Å². The van der Waals surface area contributed by atoms with Gasteiger partial charge in [0.15, 0.2) is 10.3 Å². The molecular weight excluding hydrogens is 1070 g/mol. The maximum absolute atomic E-state index is 13.2. The lowest BCUT2D eigenvalue weighted by Gasteiger charge is -1.98.